The molecule has 41 heavy (non-hydrogen) atoms. The number of para-hydroxylation sites is 1. The highest BCUT2D eigenvalue weighted by Gasteiger charge is 2.32. The Morgan fingerprint density at radius 1 is 0.878 bits per heavy atom. The number of ether oxygens (including phenoxy) is 2. The van der Waals surface area contributed by atoms with E-state index in [4.69, 9.17) is 14.5 Å². The molecule has 0 bridgehead atoms. The average molecular weight is 605 g/mol. The van der Waals surface area contributed by atoms with Gasteiger partial charge < -0.3 is 14.6 Å². The summed E-state index contributed by atoms with van der Waals surface area (Å²) in [6, 6.07) is 31.2. The highest BCUT2D eigenvalue weighted by Crippen LogP contribution is 2.40. The van der Waals surface area contributed by atoms with Gasteiger partial charge in [-0.15, -0.1) is 11.3 Å². The lowest BCUT2D eigenvalue weighted by atomic mass is 10.0. The van der Waals surface area contributed by atoms with Gasteiger partial charge in [-0.3, -0.25) is 4.72 Å². The van der Waals surface area contributed by atoms with Gasteiger partial charge in [-0.2, -0.15) is 0 Å². The summed E-state index contributed by atoms with van der Waals surface area (Å²) in [6.45, 7) is -0.0145. The molecule has 0 spiro atoms. The largest absolute Gasteiger partial charge is 0.392 e. The van der Waals surface area contributed by atoms with Crippen molar-refractivity contribution in [1.82, 2.24) is 4.98 Å². The fourth-order valence-corrected chi connectivity index (χ4v) is 7.81. The number of aliphatic hydroxyl groups is 1. The van der Waals surface area contributed by atoms with E-state index in [2.05, 4.69) is 10.8 Å². The van der Waals surface area contributed by atoms with Crippen molar-refractivity contribution in [2.24, 2.45) is 0 Å². The molecule has 1 saturated heterocycles. The highest BCUT2D eigenvalue weighted by atomic mass is 32.2. The third kappa shape index (κ3) is 6.64. The molecule has 210 valence electrons. The van der Waals surface area contributed by atoms with Crippen molar-refractivity contribution in [2.45, 2.75) is 40.8 Å². The van der Waals surface area contributed by atoms with Gasteiger partial charge in [-0.25, -0.2) is 13.4 Å². The Morgan fingerprint density at radius 2 is 1.59 bits per heavy atom. The third-order valence-corrected chi connectivity index (χ3v) is 10.5. The monoisotopic (exact) mass is 604 g/mol. The lowest BCUT2D eigenvalue weighted by Crippen LogP contribution is -2.31. The summed E-state index contributed by atoms with van der Waals surface area (Å²) in [7, 11) is -3.69. The van der Waals surface area contributed by atoms with Crippen LogP contribution in [0.1, 0.15) is 35.5 Å². The van der Waals surface area contributed by atoms with E-state index >= 15 is 0 Å². The van der Waals surface area contributed by atoms with Gasteiger partial charge in [0.1, 0.15) is 0 Å². The second kappa shape index (κ2) is 12.3. The van der Waals surface area contributed by atoms with Gasteiger partial charge in [0, 0.05) is 23.4 Å². The molecule has 0 radical (unpaired) electrons. The maximum absolute atomic E-state index is 12.7. The van der Waals surface area contributed by atoms with Gasteiger partial charge in [0.15, 0.2) is 10.6 Å². The Balaban J connectivity index is 1.20. The van der Waals surface area contributed by atoms with Gasteiger partial charge >= 0.3 is 0 Å². The van der Waals surface area contributed by atoms with Crippen molar-refractivity contribution < 1.29 is 23.0 Å². The first-order valence-electron chi connectivity index (χ1n) is 13.1. The van der Waals surface area contributed by atoms with E-state index in [1.807, 2.05) is 54.6 Å². The van der Waals surface area contributed by atoms with Crippen LogP contribution in [0.2, 0.25) is 0 Å². The molecule has 1 aliphatic heterocycles. The zero-order valence-electron chi connectivity index (χ0n) is 21.9. The van der Waals surface area contributed by atoms with Crippen molar-refractivity contribution in [2.75, 3.05) is 10.5 Å². The SMILES string of the molecule is O=S(=O)(Nc1ccc([C@@H]2O[C@H](CSc3nc4ccccc4s3)C[C@H](c3ccc(CO)cc3)O2)cc1)c1ccccc1. The Bertz CT molecular complexity index is 1680. The second-order valence-electron chi connectivity index (χ2n) is 9.65. The number of anilines is 1. The quantitative estimate of drug-likeness (QED) is 0.176. The van der Waals surface area contributed by atoms with Crippen molar-refractivity contribution in [3.8, 4) is 0 Å². The van der Waals surface area contributed by atoms with E-state index in [0.717, 1.165) is 31.2 Å². The molecule has 7 nitrogen and oxygen atoms in total. The summed E-state index contributed by atoms with van der Waals surface area (Å²) in [6.07, 6.45) is -0.280. The molecule has 1 aromatic heterocycles. The first kappa shape index (κ1) is 27.9. The van der Waals surface area contributed by atoms with Crippen molar-refractivity contribution in [1.29, 1.82) is 0 Å². The van der Waals surface area contributed by atoms with E-state index < -0.39 is 16.3 Å². The van der Waals surface area contributed by atoms with Gasteiger partial charge in [-0.1, -0.05) is 78.5 Å². The fraction of sp³-hybridized carbons (Fsp3) is 0.194. The predicted octanol–water partition coefficient (Wildman–Crippen LogP) is 6.93. The summed E-state index contributed by atoms with van der Waals surface area (Å²) < 4.78 is 43.1. The van der Waals surface area contributed by atoms with Crippen molar-refractivity contribution >= 4 is 49.0 Å². The average Bonchev–Trinajstić information content (AvgIpc) is 3.44. The predicted molar refractivity (Wildman–Crippen MR) is 162 cm³/mol. The number of sulfonamides is 1. The number of hydrogen-bond donors (Lipinski definition) is 2. The number of benzene rings is 4. The van der Waals surface area contributed by atoms with Gasteiger partial charge in [0.2, 0.25) is 0 Å². The van der Waals surface area contributed by atoms with Crippen LogP contribution in [0.4, 0.5) is 5.69 Å². The topological polar surface area (TPSA) is 97.8 Å². The molecule has 3 atom stereocenters. The number of nitrogens with one attached hydrogen (secondary N) is 1. The van der Waals surface area contributed by atoms with Gasteiger partial charge in [0.25, 0.3) is 10.0 Å². The van der Waals surface area contributed by atoms with Crippen LogP contribution in [0.3, 0.4) is 0 Å². The maximum atomic E-state index is 12.7. The van der Waals surface area contributed by atoms with Crippen LogP contribution < -0.4 is 4.72 Å². The summed E-state index contributed by atoms with van der Waals surface area (Å²) in [5, 5.41) is 9.46. The van der Waals surface area contributed by atoms with E-state index in [1.165, 1.54) is 0 Å². The smallest absolute Gasteiger partial charge is 0.261 e. The van der Waals surface area contributed by atoms with E-state index in [0.29, 0.717) is 17.9 Å². The van der Waals surface area contributed by atoms with Crippen LogP contribution in [0, 0.1) is 0 Å². The summed E-state index contributed by atoms with van der Waals surface area (Å²) in [5.74, 6) is 0.708. The highest BCUT2D eigenvalue weighted by molar-refractivity contribution is 8.01. The van der Waals surface area contributed by atoms with E-state index in [1.54, 1.807) is 65.6 Å². The number of rotatable bonds is 9. The Kier molecular flexibility index (Phi) is 8.38. The number of nitrogens with zero attached hydrogens (tertiary/aromatic N) is 1. The second-order valence-corrected chi connectivity index (χ2v) is 13.6. The number of thiazole rings is 1. The molecule has 10 heteroatoms. The third-order valence-electron chi connectivity index (χ3n) is 6.77. The zero-order chi connectivity index (χ0) is 28.2. The minimum absolute atomic E-state index is 0.0145. The number of hydrogen-bond acceptors (Lipinski definition) is 8. The molecule has 0 amide bonds. The molecular weight excluding hydrogens is 577 g/mol. The molecule has 2 N–H and O–H groups in total. The number of aromatic nitrogens is 1. The maximum Gasteiger partial charge on any atom is 0.261 e. The van der Waals surface area contributed by atoms with Crippen LogP contribution in [0.15, 0.2) is 112 Å². The van der Waals surface area contributed by atoms with E-state index in [-0.39, 0.29) is 23.7 Å². The van der Waals surface area contributed by atoms with Crippen molar-refractivity contribution in [3.63, 3.8) is 0 Å². The molecule has 5 aromatic rings. The minimum Gasteiger partial charge on any atom is -0.392 e. The van der Waals surface area contributed by atoms with Crippen molar-refractivity contribution in [3.05, 3.63) is 120 Å². The van der Waals surface area contributed by atoms with Crippen LogP contribution in [0.25, 0.3) is 10.2 Å². The zero-order valence-corrected chi connectivity index (χ0v) is 24.4. The summed E-state index contributed by atoms with van der Waals surface area (Å²) in [5.41, 5.74) is 4.09. The lowest BCUT2D eigenvalue weighted by molar-refractivity contribution is -0.245. The van der Waals surface area contributed by atoms with Gasteiger partial charge in [0.05, 0.1) is 33.9 Å². The van der Waals surface area contributed by atoms with Crippen LogP contribution in [0.5, 0.6) is 0 Å². The molecule has 6 rings (SSSR count). The summed E-state index contributed by atoms with van der Waals surface area (Å²) >= 11 is 3.35. The molecule has 1 aliphatic rings. The Morgan fingerprint density at radius 3 is 2.32 bits per heavy atom. The number of fused-ring (bicyclic) bond motifs is 1. The van der Waals surface area contributed by atoms with E-state index in [9.17, 15) is 13.5 Å². The normalized spacial score (nSPS) is 19.3. The number of aliphatic hydroxyl groups excluding tert-OH is 1. The first-order chi connectivity index (χ1) is 20.0. The fourth-order valence-electron chi connectivity index (χ4n) is 4.62. The lowest BCUT2D eigenvalue weighted by Gasteiger charge is -2.36. The van der Waals surface area contributed by atoms with Gasteiger partial charge in [-0.05, 0) is 47.5 Å². The molecular formula is C31H28N2O5S3. The molecule has 0 unspecified atom stereocenters. The molecule has 1 fully saturated rings. The molecule has 0 aliphatic carbocycles. The molecule has 0 saturated carbocycles. The first-order valence-corrected chi connectivity index (χ1v) is 16.4. The Labute approximate surface area is 247 Å². The molecule has 2 heterocycles. The van der Waals surface area contributed by atoms with Crippen LogP contribution >= 0.6 is 23.1 Å². The van der Waals surface area contributed by atoms with Crippen LogP contribution in [-0.4, -0.2) is 30.4 Å². The minimum atomic E-state index is -3.69. The standard InChI is InChI=1S/C31H28N2O5S3/c34-19-21-10-12-22(13-11-21)28-18-25(20-39-31-32-27-8-4-5-9-29(27)40-31)37-30(38-28)23-14-16-24(17-15-23)33-41(35,36)26-6-2-1-3-7-26/h1-17,25,28,30,33-34H,18-20H2/t25-,28+,30+/m0/s1. The Hall–Kier alpha value is -3.25. The summed E-state index contributed by atoms with van der Waals surface area (Å²) in [4.78, 5) is 4.95. The van der Waals surface area contributed by atoms with Crippen LogP contribution in [-0.2, 0) is 26.1 Å². The number of thioether (sulfide) groups is 1. The molecule has 4 aromatic carbocycles.